The third-order valence-corrected chi connectivity index (χ3v) is 5.83. The van der Waals surface area contributed by atoms with Crippen molar-refractivity contribution in [3.63, 3.8) is 0 Å². The van der Waals surface area contributed by atoms with Gasteiger partial charge in [-0.2, -0.15) is 5.10 Å². The fourth-order valence-corrected chi connectivity index (χ4v) is 3.88. The SMILES string of the molecule is C=CCOc1ccc(-c2nn(-c3ccccc3)cc2/C=C2\Oc3cc(C)c(C)cc3C2=O)cc1. The van der Waals surface area contributed by atoms with Gasteiger partial charge in [-0.15, -0.1) is 0 Å². The fraction of sp³-hybridized carbons (Fsp3) is 0.103. The molecule has 0 unspecified atom stereocenters. The van der Waals surface area contributed by atoms with Gasteiger partial charge in [-0.05, 0) is 79.6 Å². The molecule has 34 heavy (non-hydrogen) atoms. The van der Waals surface area contributed by atoms with E-state index in [0.29, 0.717) is 23.7 Å². The summed E-state index contributed by atoms with van der Waals surface area (Å²) in [5.41, 5.74) is 6.10. The number of ketones is 1. The van der Waals surface area contributed by atoms with E-state index in [-0.39, 0.29) is 5.78 Å². The first-order valence-electron chi connectivity index (χ1n) is 11.1. The maximum atomic E-state index is 13.1. The number of rotatable bonds is 6. The molecule has 1 aliphatic rings. The molecule has 1 aliphatic heterocycles. The Labute approximate surface area is 198 Å². The molecule has 0 radical (unpaired) electrons. The van der Waals surface area contributed by atoms with Crippen molar-refractivity contribution < 1.29 is 14.3 Å². The fourth-order valence-electron chi connectivity index (χ4n) is 3.88. The monoisotopic (exact) mass is 448 g/mol. The number of carbonyl (C=O) groups is 1. The Kier molecular flexibility index (Phi) is 5.60. The van der Waals surface area contributed by atoms with Crippen LogP contribution in [0, 0.1) is 13.8 Å². The van der Waals surface area contributed by atoms with E-state index < -0.39 is 0 Å². The highest BCUT2D eigenvalue weighted by Gasteiger charge is 2.28. The number of aromatic nitrogens is 2. The summed E-state index contributed by atoms with van der Waals surface area (Å²) in [6.07, 6.45) is 5.39. The minimum atomic E-state index is -0.121. The number of Topliss-reactive ketones (excluding diaryl/α,β-unsaturated/α-hetero) is 1. The number of nitrogens with zero attached hydrogens (tertiary/aromatic N) is 2. The standard InChI is InChI=1S/C29H24N2O3/c1-4-14-33-24-12-10-21(11-13-24)28-22(18-31(30-28)23-8-6-5-7-9-23)17-27-29(32)25-15-19(2)20(3)16-26(25)34-27/h4-13,15-18H,1,14H2,2-3H3/b27-17-. The first kappa shape index (κ1) is 21.5. The lowest BCUT2D eigenvalue weighted by molar-refractivity contribution is 0.101. The van der Waals surface area contributed by atoms with Gasteiger partial charge < -0.3 is 9.47 Å². The molecule has 0 atom stereocenters. The molecule has 0 bridgehead atoms. The molecule has 0 aliphatic carbocycles. The molecular formula is C29H24N2O3. The van der Waals surface area contributed by atoms with E-state index in [4.69, 9.17) is 14.6 Å². The molecule has 0 fully saturated rings. The van der Waals surface area contributed by atoms with Crippen molar-refractivity contribution in [1.82, 2.24) is 9.78 Å². The zero-order chi connectivity index (χ0) is 23.7. The van der Waals surface area contributed by atoms with Crippen LogP contribution < -0.4 is 9.47 Å². The van der Waals surface area contributed by atoms with Crippen LogP contribution in [0.3, 0.4) is 0 Å². The van der Waals surface area contributed by atoms with Gasteiger partial charge in [0.05, 0.1) is 11.3 Å². The van der Waals surface area contributed by atoms with Gasteiger partial charge in [0.25, 0.3) is 0 Å². The number of fused-ring (bicyclic) bond motifs is 1. The lowest BCUT2D eigenvalue weighted by Gasteiger charge is -2.05. The summed E-state index contributed by atoms with van der Waals surface area (Å²) in [4.78, 5) is 13.1. The molecule has 1 aromatic heterocycles. The molecular weight excluding hydrogens is 424 g/mol. The first-order valence-corrected chi connectivity index (χ1v) is 11.1. The van der Waals surface area contributed by atoms with Crippen LogP contribution in [0.25, 0.3) is 23.0 Å². The lowest BCUT2D eigenvalue weighted by atomic mass is 10.0. The van der Waals surface area contributed by atoms with Gasteiger partial charge in [0.15, 0.2) is 5.76 Å². The highest BCUT2D eigenvalue weighted by molar-refractivity contribution is 6.14. The second-order valence-electron chi connectivity index (χ2n) is 8.21. The summed E-state index contributed by atoms with van der Waals surface area (Å²) in [6, 6.07) is 21.4. The summed E-state index contributed by atoms with van der Waals surface area (Å²) in [5, 5.41) is 4.84. The molecule has 5 nitrogen and oxygen atoms in total. The van der Waals surface area contributed by atoms with E-state index in [0.717, 1.165) is 39.4 Å². The van der Waals surface area contributed by atoms with Crippen LogP contribution in [0.5, 0.6) is 11.5 Å². The zero-order valence-corrected chi connectivity index (χ0v) is 19.1. The number of para-hydroxylation sites is 1. The summed E-state index contributed by atoms with van der Waals surface area (Å²) in [7, 11) is 0. The van der Waals surface area contributed by atoms with Gasteiger partial charge in [0, 0.05) is 17.3 Å². The summed E-state index contributed by atoms with van der Waals surface area (Å²) >= 11 is 0. The van der Waals surface area contributed by atoms with Crippen LogP contribution >= 0.6 is 0 Å². The third kappa shape index (κ3) is 4.04. The van der Waals surface area contributed by atoms with Crippen LogP contribution in [0.15, 0.2) is 91.3 Å². The predicted octanol–water partition coefficient (Wildman–Crippen LogP) is 6.34. The minimum Gasteiger partial charge on any atom is -0.490 e. The smallest absolute Gasteiger partial charge is 0.231 e. The summed E-state index contributed by atoms with van der Waals surface area (Å²) < 4.78 is 13.4. The van der Waals surface area contributed by atoms with Gasteiger partial charge in [-0.1, -0.05) is 30.9 Å². The van der Waals surface area contributed by atoms with E-state index in [9.17, 15) is 4.79 Å². The Balaban J connectivity index is 1.57. The molecule has 0 amide bonds. The molecule has 5 rings (SSSR count). The van der Waals surface area contributed by atoms with E-state index in [1.54, 1.807) is 12.2 Å². The van der Waals surface area contributed by atoms with Crippen LogP contribution in [-0.4, -0.2) is 22.2 Å². The Bertz CT molecular complexity index is 1410. The molecule has 4 aromatic rings. The van der Waals surface area contributed by atoms with Crippen LogP contribution in [0.2, 0.25) is 0 Å². The van der Waals surface area contributed by atoms with Gasteiger partial charge >= 0.3 is 0 Å². The van der Waals surface area contributed by atoms with E-state index >= 15 is 0 Å². The molecule has 5 heteroatoms. The van der Waals surface area contributed by atoms with Crippen molar-refractivity contribution in [3.05, 3.63) is 114 Å². The quantitative estimate of drug-likeness (QED) is 0.255. The molecule has 3 aromatic carbocycles. The van der Waals surface area contributed by atoms with Crippen molar-refractivity contribution in [1.29, 1.82) is 0 Å². The number of hydrogen-bond acceptors (Lipinski definition) is 4. The Hall–Kier alpha value is -4.38. The number of benzene rings is 3. The highest BCUT2D eigenvalue weighted by atomic mass is 16.5. The largest absolute Gasteiger partial charge is 0.490 e. The molecule has 2 heterocycles. The molecule has 0 N–H and O–H groups in total. The van der Waals surface area contributed by atoms with Crippen molar-refractivity contribution in [2.24, 2.45) is 0 Å². The number of allylic oxidation sites excluding steroid dienone is 1. The maximum Gasteiger partial charge on any atom is 0.231 e. The Morgan fingerprint density at radius 1 is 1.03 bits per heavy atom. The van der Waals surface area contributed by atoms with Gasteiger partial charge in [0.1, 0.15) is 23.8 Å². The van der Waals surface area contributed by atoms with Gasteiger partial charge in [-0.3, -0.25) is 4.79 Å². The second-order valence-corrected chi connectivity index (χ2v) is 8.21. The van der Waals surface area contributed by atoms with E-state index in [2.05, 4.69) is 6.58 Å². The normalized spacial score (nSPS) is 13.6. The lowest BCUT2D eigenvalue weighted by Crippen LogP contribution is -1.98. The van der Waals surface area contributed by atoms with Crippen molar-refractivity contribution in [2.75, 3.05) is 6.61 Å². The highest BCUT2D eigenvalue weighted by Crippen LogP contribution is 2.35. The summed E-state index contributed by atoms with van der Waals surface area (Å²) in [5.74, 6) is 1.52. The molecule has 0 spiro atoms. The molecule has 168 valence electrons. The number of ether oxygens (including phenoxy) is 2. The summed E-state index contributed by atoms with van der Waals surface area (Å²) in [6.45, 7) is 8.13. The average Bonchev–Trinajstić information content (AvgIpc) is 3.40. The number of hydrogen-bond donors (Lipinski definition) is 0. The van der Waals surface area contributed by atoms with Gasteiger partial charge in [-0.25, -0.2) is 4.68 Å². The van der Waals surface area contributed by atoms with E-state index in [1.807, 2.05) is 91.5 Å². The number of aryl methyl sites for hydroxylation is 2. The second kappa shape index (κ2) is 8.87. The van der Waals surface area contributed by atoms with E-state index in [1.165, 1.54) is 0 Å². The topological polar surface area (TPSA) is 53.4 Å². The van der Waals surface area contributed by atoms with Crippen LogP contribution in [-0.2, 0) is 0 Å². The predicted molar refractivity (Wildman–Crippen MR) is 134 cm³/mol. The zero-order valence-electron chi connectivity index (χ0n) is 19.1. The van der Waals surface area contributed by atoms with Crippen molar-refractivity contribution in [3.8, 4) is 28.4 Å². The van der Waals surface area contributed by atoms with Crippen LogP contribution in [0.1, 0.15) is 27.0 Å². The minimum absolute atomic E-state index is 0.121. The maximum absolute atomic E-state index is 13.1. The average molecular weight is 449 g/mol. The van der Waals surface area contributed by atoms with Crippen molar-refractivity contribution in [2.45, 2.75) is 13.8 Å². The van der Waals surface area contributed by atoms with Crippen molar-refractivity contribution >= 4 is 11.9 Å². The molecule has 0 saturated carbocycles. The number of carbonyl (C=O) groups excluding carboxylic acids is 1. The third-order valence-electron chi connectivity index (χ3n) is 5.83. The van der Waals surface area contributed by atoms with Gasteiger partial charge in [0.2, 0.25) is 5.78 Å². The Morgan fingerprint density at radius 3 is 2.50 bits per heavy atom. The van der Waals surface area contributed by atoms with Crippen LogP contribution in [0.4, 0.5) is 0 Å². The Morgan fingerprint density at radius 2 is 1.76 bits per heavy atom. The molecule has 0 saturated heterocycles. The first-order chi connectivity index (χ1) is 16.5.